The van der Waals surface area contributed by atoms with Crippen molar-refractivity contribution in [1.82, 2.24) is 29.9 Å². The zero-order chi connectivity index (χ0) is 20.1. The van der Waals surface area contributed by atoms with Crippen molar-refractivity contribution in [3.63, 3.8) is 0 Å². The van der Waals surface area contributed by atoms with Gasteiger partial charge in [-0.3, -0.25) is 4.79 Å². The van der Waals surface area contributed by atoms with E-state index in [0.29, 0.717) is 17.3 Å². The van der Waals surface area contributed by atoms with Gasteiger partial charge in [0.05, 0.1) is 22.0 Å². The number of aromatic nitrogens is 5. The van der Waals surface area contributed by atoms with Gasteiger partial charge in [-0.15, -0.1) is 11.3 Å². The van der Waals surface area contributed by atoms with Gasteiger partial charge in [0.15, 0.2) is 0 Å². The summed E-state index contributed by atoms with van der Waals surface area (Å²) in [5, 5.41) is 8.29. The average molecular weight is 395 g/mol. The fraction of sp³-hybridized carbons (Fsp3) is 0.350. The molecule has 8 heteroatoms. The highest BCUT2D eigenvalue weighted by Crippen LogP contribution is 2.27. The quantitative estimate of drug-likeness (QED) is 0.571. The van der Waals surface area contributed by atoms with Crippen molar-refractivity contribution in [1.29, 1.82) is 0 Å². The van der Waals surface area contributed by atoms with Crippen LogP contribution >= 0.6 is 11.3 Å². The second kappa shape index (κ2) is 6.63. The van der Waals surface area contributed by atoms with Gasteiger partial charge in [0, 0.05) is 5.41 Å². The Bertz CT molecular complexity index is 1150. The Morgan fingerprint density at radius 2 is 1.93 bits per heavy atom. The molecule has 1 N–H and O–H groups in total. The maximum Gasteiger partial charge on any atom is 0.270 e. The summed E-state index contributed by atoms with van der Waals surface area (Å²) in [7, 11) is 0. The number of nitrogens with zero attached hydrogens (tertiary/aromatic N) is 5. The van der Waals surface area contributed by atoms with Gasteiger partial charge in [0.2, 0.25) is 0 Å². The molecule has 0 saturated carbocycles. The molecule has 0 aliphatic heterocycles. The smallest absolute Gasteiger partial charge is 0.270 e. The van der Waals surface area contributed by atoms with Gasteiger partial charge in [-0.05, 0) is 32.0 Å². The number of nitrogens with one attached hydrogen (secondary N) is 1. The highest BCUT2D eigenvalue weighted by Gasteiger charge is 2.24. The minimum absolute atomic E-state index is 0.213. The fourth-order valence-corrected chi connectivity index (χ4v) is 4.00. The Morgan fingerprint density at radius 3 is 2.64 bits per heavy atom. The normalized spacial score (nSPS) is 13.2. The number of aryl methyl sites for hydroxylation is 1. The molecule has 28 heavy (non-hydrogen) atoms. The van der Waals surface area contributed by atoms with Crippen LogP contribution in [0.5, 0.6) is 0 Å². The van der Waals surface area contributed by atoms with Crippen molar-refractivity contribution >= 4 is 33.2 Å². The fourth-order valence-electron chi connectivity index (χ4n) is 3.03. The van der Waals surface area contributed by atoms with Crippen LogP contribution < -0.4 is 5.32 Å². The molecular formula is C20H22N6OS. The number of benzene rings is 1. The van der Waals surface area contributed by atoms with Gasteiger partial charge in [0.1, 0.15) is 16.5 Å². The van der Waals surface area contributed by atoms with Gasteiger partial charge in [-0.1, -0.05) is 32.9 Å². The summed E-state index contributed by atoms with van der Waals surface area (Å²) in [6.45, 7) is 9.97. The van der Waals surface area contributed by atoms with Crippen molar-refractivity contribution in [3.8, 4) is 0 Å². The first-order valence-electron chi connectivity index (χ1n) is 9.13. The van der Waals surface area contributed by atoms with Crippen molar-refractivity contribution < 1.29 is 4.79 Å². The van der Waals surface area contributed by atoms with Crippen molar-refractivity contribution in [2.45, 2.75) is 46.1 Å². The van der Waals surface area contributed by atoms with E-state index in [2.05, 4.69) is 46.1 Å². The zero-order valence-corrected chi connectivity index (χ0v) is 17.3. The monoisotopic (exact) mass is 394 g/mol. The maximum absolute atomic E-state index is 12.9. The minimum Gasteiger partial charge on any atom is -0.342 e. The Morgan fingerprint density at radius 1 is 1.18 bits per heavy atom. The van der Waals surface area contributed by atoms with Crippen LogP contribution in [0.25, 0.3) is 16.0 Å². The molecular weight excluding hydrogens is 372 g/mol. The number of carbonyl (C=O) groups is 1. The molecule has 7 nitrogen and oxygen atoms in total. The lowest BCUT2D eigenvalue weighted by Gasteiger charge is -2.20. The molecule has 3 heterocycles. The van der Waals surface area contributed by atoms with E-state index >= 15 is 0 Å². The number of amides is 1. The topological polar surface area (TPSA) is 85.1 Å². The van der Waals surface area contributed by atoms with Crippen LogP contribution in [0, 0.1) is 6.92 Å². The van der Waals surface area contributed by atoms with Crippen LogP contribution in [0.1, 0.15) is 60.8 Å². The summed E-state index contributed by atoms with van der Waals surface area (Å²) in [4.78, 5) is 26.3. The van der Waals surface area contributed by atoms with Crippen LogP contribution in [0.4, 0.5) is 0 Å². The van der Waals surface area contributed by atoms with Gasteiger partial charge in [0.25, 0.3) is 11.7 Å². The molecule has 0 unspecified atom stereocenters. The number of rotatable bonds is 3. The summed E-state index contributed by atoms with van der Waals surface area (Å²) in [6, 6.07) is 9.53. The van der Waals surface area contributed by atoms with Gasteiger partial charge >= 0.3 is 0 Å². The lowest BCUT2D eigenvalue weighted by molar-refractivity contribution is 0.0934. The summed E-state index contributed by atoms with van der Waals surface area (Å²) in [6.07, 6.45) is 0. The molecule has 3 aromatic heterocycles. The molecule has 0 bridgehead atoms. The third-order valence-corrected chi connectivity index (χ3v) is 5.67. The third-order valence-electron chi connectivity index (χ3n) is 4.45. The lowest BCUT2D eigenvalue weighted by atomic mass is 9.91. The molecule has 0 fully saturated rings. The van der Waals surface area contributed by atoms with E-state index in [1.807, 2.05) is 38.1 Å². The Kier molecular flexibility index (Phi) is 4.38. The van der Waals surface area contributed by atoms with E-state index in [9.17, 15) is 4.79 Å². The summed E-state index contributed by atoms with van der Waals surface area (Å²) < 4.78 is 2.82. The highest BCUT2D eigenvalue weighted by molar-refractivity contribution is 7.18. The number of hydrogen-bond acceptors (Lipinski definition) is 6. The molecule has 0 aliphatic carbocycles. The second-order valence-electron chi connectivity index (χ2n) is 7.86. The first-order chi connectivity index (χ1) is 13.2. The Hall–Kier alpha value is -2.87. The summed E-state index contributed by atoms with van der Waals surface area (Å²) in [5.41, 5.74) is 1.94. The molecule has 1 amide bonds. The van der Waals surface area contributed by atoms with Crippen LogP contribution in [0.2, 0.25) is 0 Å². The van der Waals surface area contributed by atoms with E-state index < -0.39 is 0 Å². The minimum atomic E-state index is -0.250. The Labute approximate surface area is 166 Å². The molecule has 0 saturated heterocycles. The standard InChI is InChI=1S/C20H22N6OS/c1-11(18-23-13-8-6-7-9-15(13)28-18)21-17(27)14-10-16(20(3,4)5)26-19(24-14)22-12(2)25-26/h6-11H,1-5H3,(H,21,27)/t11-/m0/s1. The van der Waals surface area contributed by atoms with Crippen LogP contribution in [-0.2, 0) is 5.41 Å². The van der Waals surface area contributed by atoms with Gasteiger partial charge in [-0.25, -0.2) is 14.5 Å². The number of hydrogen-bond donors (Lipinski definition) is 1. The molecule has 0 aliphatic rings. The number of para-hydroxylation sites is 1. The van der Waals surface area contributed by atoms with Crippen LogP contribution in [0.15, 0.2) is 30.3 Å². The van der Waals surface area contributed by atoms with E-state index in [0.717, 1.165) is 20.9 Å². The molecule has 0 spiro atoms. The number of carbonyl (C=O) groups excluding carboxylic acids is 1. The van der Waals surface area contributed by atoms with Gasteiger partial charge in [-0.2, -0.15) is 10.1 Å². The summed E-state index contributed by atoms with van der Waals surface area (Å²) in [5.74, 6) is 0.807. The SMILES string of the molecule is Cc1nc2nc(C(=O)N[C@@H](C)c3nc4ccccc4s3)cc(C(C)(C)C)n2n1. The van der Waals surface area contributed by atoms with Crippen LogP contribution in [-0.4, -0.2) is 30.5 Å². The molecule has 1 atom stereocenters. The van der Waals surface area contributed by atoms with E-state index in [1.54, 1.807) is 21.9 Å². The highest BCUT2D eigenvalue weighted by atomic mass is 32.1. The predicted molar refractivity (Wildman–Crippen MR) is 110 cm³/mol. The average Bonchev–Trinajstić information content (AvgIpc) is 3.21. The first-order valence-corrected chi connectivity index (χ1v) is 9.95. The van der Waals surface area contributed by atoms with E-state index in [4.69, 9.17) is 0 Å². The lowest BCUT2D eigenvalue weighted by Crippen LogP contribution is -2.29. The number of thiazole rings is 1. The van der Waals surface area contributed by atoms with E-state index in [1.165, 1.54) is 0 Å². The number of fused-ring (bicyclic) bond motifs is 2. The Balaban J connectivity index is 1.66. The molecule has 1 aromatic carbocycles. The van der Waals surface area contributed by atoms with Crippen molar-refractivity contribution in [2.24, 2.45) is 0 Å². The summed E-state index contributed by atoms with van der Waals surface area (Å²) >= 11 is 1.58. The van der Waals surface area contributed by atoms with Crippen LogP contribution in [0.3, 0.4) is 0 Å². The molecule has 4 aromatic rings. The third kappa shape index (κ3) is 3.35. The van der Waals surface area contributed by atoms with Gasteiger partial charge < -0.3 is 5.32 Å². The molecule has 4 rings (SSSR count). The maximum atomic E-state index is 12.9. The zero-order valence-electron chi connectivity index (χ0n) is 16.5. The van der Waals surface area contributed by atoms with E-state index in [-0.39, 0.29) is 17.4 Å². The van der Waals surface area contributed by atoms with Crippen molar-refractivity contribution in [3.05, 3.63) is 52.6 Å². The predicted octanol–water partition coefficient (Wildman–Crippen LogP) is 3.83. The first kappa shape index (κ1) is 18.5. The van der Waals surface area contributed by atoms with Crippen molar-refractivity contribution in [2.75, 3.05) is 0 Å². The molecule has 0 radical (unpaired) electrons. The molecule has 144 valence electrons. The second-order valence-corrected chi connectivity index (χ2v) is 8.92. The largest absolute Gasteiger partial charge is 0.342 e.